The summed E-state index contributed by atoms with van der Waals surface area (Å²) in [4.78, 5) is 21.7. The van der Waals surface area contributed by atoms with Crippen LogP contribution in [0.5, 0.6) is 0 Å². The number of carbonyl (C=O) groups excluding carboxylic acids is 1. The summed E-state index contributed by atoms with van der Waals surface area (Å²) in [5.41, 5.74) is 4.63. The van der Waals surface area contributed by atoms with Crippen LogP contribution < -0.4 is 5.32 Å². The van der Waals surface area contributed by atoms with E-state index in [9.17, 15) is 4.79 Å². The Labute approximate surface area is 165 Å². The van der Waals surface area contributed by atoms with E-state index in [2.05, 4.69) is 20.6 Å². The number of aromatic amines is 1. The number of aromatic nitrogens is 6. The maximum Gasteiger partial charge on any atom is 0.251 e. The third kappa shape index (κ3) is 2.73. The highest BCUT2D eigenvalue weighted by molar-refractivity contribution is 5.98. The monoisotopic (exact) mass is 383 g/mol. The molecule has 0 saturated carbocycles. The maximum absolute atomic E-state index is 12.1. The van der Waals surface area contributed by atoms with Crippen LogP contribution >= 0.6 is 0 Å². The zero-order chi connectivity index (χ0) is 20.0. The summed E-state index contributed by atoms with van der Waals surface area (Å²) >= 11 is 0. The molecule has 3 heterocycles. The molecule has 142 valence electrons. The molecule has 0 radical (unpaired) electrons. The molecule has 5 rings (SSSR count). The second-order valence-corrected chi connectivity index (χ2v) is 6.70. The van der Waals surface area contributed by atoms with Crippen LogP contribution in [0.4, 0.5) is 0 Å². The van der Waals surface area contributed by atoms with Crippen LogP contribution in [-0.2, 0) is 7.05 Å². The Morgan fingerprint density at radius 3 is 2.79 bits per heavy atom. The summed E-state index contributed by atoms with van der Waals surface area (Å²) in [6.07, 6.45) is 3.52. The number of H-pyrrole nitrogens is 1. The van der Waals surface area contributed by atoms with Gasteiger partial charge in [0.05, 0.1) is 29.0 Å². The third-order valence-corrected chi connectivity index (χ3v) is 4.94. The van der Waals surface area contributed by atoms with E-state index in [0.717, 1.165) is 38.8 Å². The molecular formula is C21H17N7O. The maximum atomic E-state index is 12.1. The van der Waals surface area contributed by atoms with E-state index in [1.165, 1.54) is 0 Å². The van der Waals surface area contributed by atoms with E-state index in [1.807, 2.05) is 43.4 Å². The number of aryl methyl sites for hydroxylation is 1. The van der Waals surface area contributed by atoms with Gasteiger partial charge in [-0.15, -0.1) is 0 Å². The average molecular weight is 383 g/mol. The van der Waals surface area contributed by atoms with Crippen LogP contribution in [0.2, 0.25) is 0 Å². The minimum atomic E-state index is -0.147. The first kappa shape index (κ1) is 17.1. The molecule has 0 fully saturated rings. The molecule has 8 heteroatoms. The Morgan fingerprint density at radius 2 is 1.93 bits per heavy atom. The van der Waals surface area contributed by atoms with Crippen molar-refractivity contribution in [3.05, 3.63) is 60.4 Å². The van der Waals surface area contributed by atoms with E-state index in [4.69, 9.17) is 9.97 Å². The minimum Gasteiger partial charge on any atom is -0.355 e. The van der Waals surface area contributed by atoms with Gasteiger partial charge in [-0.3, -0.25) is 14.6 Å². The van der Waals surface area contributed by atoms with Gasteiger partial charge >= 0.3 is 0 Å². The molecule has 0 aliphatic heterocycles. The van der Waals surface area contributed by atoms with Gasteiger partial charge < -0.3 is 5.32 Å². The lowest BCUT2D eigenvalue weighted by Gasteiger charge is -2.09. The lowest BCUT2D eigenvalue weighted by atomic mass is 10.0. The van der Waals surface area contributed by atoms with Gasteiger partial charge in [-0.05, 0) is 18.2 Å². The molecule has 5 aromatic rings. The molecule has 0 aliphatic carbocycles. The number of nitrogens with one attached hydrogen (secondary N) is 2. The first-order valence-electron chi connectivity index (χ1n) is 9.10. The van der Waals surface area contributed by atoms with E-state index in [0.29, 0.717) is 11.4 Å². The molecule has 0 saturated heterocycles. The topological polar surface area (TPSA) is 101 Å². The molecule has 1 amide bonds. The first-order valence-corrected chi connectivity index (χ1v) is 9.10. The smallest absolute Gasteiger partial charge is 0.251 e. The summed E-state index contributed by atoms with van der Waals surface area (Å²) in [5, 5.41) is 15.9. The van der Waals surface area contributed by atoms with Gasteiger partial charge in [-0.2, -0.15) is 10.2 Å². The Kier molecular flexibility index (Phi) is 3.83. The zero-order valence-corrected chi connectivity index (χ0v) is 15.8. The highest BCUT2D eigenvalue weighted by atomic mass is 16.1. The minimum absolute atomic E-state index is 0.147. The Bertz CT molecular complexity index is 1380. The number of benzene rings is 2. The summed E-state index contributed by atoms with van der Waals surface area (Å²) in [5.74, 6) is 0.431. The molecule has 3 aromatic heterocycles. The van der Waals surface area contributed by atoms with E-state index in [-0.39, 0.29) is 5.91 Å². The molecule has 2 N–H and O–H groups in total. The first-order chi connectivity index (χ1) is 14.2. The van der Waals surface area contributed by atoms with Crippen molar-refractivity contribution in [2.24, 2.45) is 7.05 Å². The van der Waals surface area contributed by atoms with Crippen molar-refractivity contribution >= 4 is 27.8 Å². The molecular weight excluding hydrogens is 366 g/mol. The number of nitrogens with zero attached hydrogens (tertiary/aromatic N) is 5. The Hall–Kier alpha value is -4.07. The van der Waals surface area contributed by atoms with Crippen molar-refractivity contribution in [3.8, 4) is 22.6 Å². The van der Waals surface area contributed by atoms with Gasteiger partial charge in [0, 0.05) is 36.2 Å². The summed E-state index contributed by atoms with van der Waals surface area (Å²) < 4.78 is 1.72. The van der Waals surface area contributed by atoms with Crippen LogP contribution in [0.1, 0.15) is 10.4 Å². The Balaban J connectivity index is 1.79. The number of hydrogen-bond donors (Lipinski definition) is 2. The number of fused-ring (bicyclic) bond motifs is 2. The predicted octanol–water partition coefficient (Wildman–Crippen LogP) is 2.93. The van der Waals surface area contributed by atoms with E-state index in [1.54, 1.807) is 30.2 Å². The predicted molar refractivity (Wildman–Crippen MR) is 110 cm³/mol. The van der Waals surface area contributed by atoms with Crippen LogP contribution in [-0.4, -0.2) is 42.9 Å². The zero-order valence-electron chi connectivity index (χ0n) is 15.8. The summed E-state index contributed by atoms with van der Waals surface area (Å²) in [6, 6.07) is 13.3. The molecule has 2 aromatic carbocycles. The fourth-order valence-corrected chi connectivity index (χ4v) is 3.48. The van der Waals surface area contributed by atoms with Crippen molar-refractivity contribution in [2.45, 2.75) is 0 Å². The molecule has 0 unspecified atom stereocenters. The Morgan fingerprint density at radius 1 is 1.07 bits per heavy atom. The normalized spacial score (nSPS) is 11.2. The van der Waals surface area contributed by atoms with Gasteiger partial charge in [0.1, 0.15) is 0 Å². The van der Waals surface area contributed by atoms with Gasteiger partial charge in [0.25, 0.3) is 5.91 Å². The fourth-order valence-electron chi connectivity index (χ4n) is 3.48. The largest absolute Gasteiger partial charge is 0.355 e. The fraction of sp³-hybridized carbons (Fsp3) is 0.0952. The summed E-state index contributed by atoms with van der Waals surface area (Å²) in [7, 11) is 3.46. The highest BCUT2D eigenvalue weighted by Gasteiger charge is 2.17. The lowest BCUT2D eigenvalue weighted by molar-refractivity contribution is 0.0963. The SMILES string of the molecule is CNC(=O)c1cccc(-c2nc(-c3cccc4[nH]ncc34)nc3c2cnn3C)c1. The number of hydrogen-bond acceptors (Lipinski definition) is 5. The molecule has 0 aliphatic rings. The highest BCUT2D eigenvalue weighted by Crippen LogP contribution is 2.31. The molecule has 0 spiro atoms. The molecule has 29 heavy (non-hydrogen) atoms. The van der Waals surface area contributed by atoms with Crippen molar-refractivity contribution in [2.75, 3.05) is 7.05 Å². The van der Waals surface area contributed by atoms with Crippen LogP contribution in [0, 0.1) is 0 Å². The molecule has 8 nitrogen and oxygen atoms in total. The van der Waals surface area contributed by atoms with E-state index >= 15 is 0 Å². The van der Waals surface area contributed by atoms with Crippen LogP contribution in [0.15, 0.2) is 54.9 Å². The summed E-state index contributed by atoms with van der Waals surface area (Å²) in [6.45, 7) is 0. The van der Waals surface area contributed by atoms with Gasteiger partial charge in [0.2, 0.25) is 0 Å². The second kappa shape index (κ2) is 6.52. The van der Waals surface area contributed by atoms with Crippen LogP contribution in [0.3, 0.4) is 0 Å². The molecule has 0 bridgehead atoms. The van der Waals surface area contributed by atoms with Crippen molar-refractivity contribution < 1.29 is 4.79 Å². The van der Waals surface area contributed by atoms with Crippen LogP contribution in [0.25, 0.3) is 44.6 Å². The number of rotatable bonds is 3. The van der Waals surface area contributed by atoms with Gasteiger partial charge in [-0.25, -0.2) is 9.97 Å². The van der Waals surface area contributed by atoms with Gasteiger partial charge in [-0.1, -0.05) is 24.3 Å². The molecule has 0 atom stereocenters. The van der Waals surface area contributed by atoms with E-state index < -0.39 is 0 Å². The van der Waals surface area contributed by atoms with Crippen molar-refractivity contribution in [1.82, 2.24) is 35.3 Å². The second-order valence-electron chi connectivity index (χ2n) is 6.70. The lowest BCUT2D eigenvalue weighted by Crippen LogP contribution is -2.17. The van der Waals surface area contributed by atoms with Gasteiger partial charge in [0.15, 0.2) is 11.5 Å². The third-order valence-electron chi connectivity index (χ3n) is 4.94. The number of amides is 1. The quantitative estimate of drug-likeness (QED) is 0.499. The standard InChI is InChI=1S/C21H17N7O/c1-22-21(29)13-6-3-5-12(9-13)18-16-11-24-28(2)20(16)26-19(25-18)14-7-4-8-17-15(14)10-23-27-17/h3-11H,1-2H3,(H,22,29)(H,23,27). The van der Waals surface area contributed by atoms with Crippen molar-refractivity contribution in [1.29, 1.82) is 0 Å². The van der Waals surface area contributed by atoms with Crippen molar-refractivity contribution in [3.63, 3.8) is 0 Å². The average Bonchev–Trinajstić information content (AvgIpc) is 3.39. The number of carbonyl (C=O) groups is 1.